The Bertz CT molecular complexity index is 1300. The largest absolute Gasteiger partial charge is 0.490 e. The summed E-state index contributed by atoms with van der Waals surface area (Å²) in [6.07, 6.45) is 7.65. The van der Waals surface area contributed by atoms with Gasteiger partial charge in [-0.15, -0.1) is 0 Å². The van der Waals surface area contributed by atoms with E-state index in [1.165, 1.54) is 6.42 Å². The molecule has 0 radical (unpaired) electrons. The summed E-state index contributed by atoms with van der Waals surface area (Å²) in [5.41, 5.74) is 1.77. The van der Waals surface area contributed by atoms with Gasteiger partial charge in [0, 0.05) is 44.4 Å². The Kier molecular flexibility index (Phi) is 13.9. The number of aliphatic hydroxyl groups is 1. The van der Waals surface area contributed by atoms with Gasteiger partial charge in [0.25, 0.3) is 5.91 Å². The first-order valence-electron chi connectivity index (χ1n) is 17.3. The van der Waals surface area contributed by atoms with E-state index in [-0.39, 0.29) is 48.6 Å². The Labute approximate surface area is 280 Å². The zero-order valence-corrected chi connectivity index (χ0v) is 28.6. The Morgan fingerprint density at radius 2 is 1.74 bits per heavy atom. The van der Waals surface area contributed by atoms with E-state index in [1.807, 2.05) is 51.1 Å². The number of benzene rings is 2. The summed E-state index contributed by atoms with van der Waals surface area (Å²) in [7, 11) is 1.79. The predicted molar refractivity (Wildman–Crippen MR) is 184 cm³/mol. The van der Waals surface area contributed by atoms with Gasteiger partial charge in [-0.2, -0.15) is 0 Å². The molecule has 2 aromatic carbocycles. The number of carbonyl (C=O) groups is 3. The zero-order chi connectivity index (χ0) is 33.8. The number of rotatable bonds is 8. The SMILES string of the molecule is C[C@@H]1CCCCO[C@@H](CN(C)C(=O)Cc2ccccc2)[C@H](C)CN([C@@H](C)CO)C(=O)c2cc(NC(=O)NC3CCCCC3)ccc2O1. The number of fused-ring (bicyclic) bond motifs is 1. The Hall–Kier alpha value is -3.63. The number of carbonyl (C=O) groups excluding carboxylic acids is 3. The van der Waals surface area contributed by atoms with Crippen molar-refractivity contribution in [2.75, 3.05) is 38.7 Å². The summed E-state index contributed by atoms with van der Waals surface area (Å²) in [6, 6.07) is 14.2. The molecule has 47 heavy (non-hydrogen) atoms. The quantitative estimate of drug-likeness (QED) is 0.340. The van der Waals surface area contributed by atoms with Gasteiger partial charge in [0.1, 0.15) is 5.75 Å². The second kappa shape index (κ2) is 18.1. The Morgan fingerprint density at radius 3 is 2.47 bits per heavy atom. The van der Waals surface area contributed by atoms with Crippen molar-refractivity contribution in [2.24, 2.45) is 5.92 Å². The third kappa shape index (κ3) is 11.0. The van der Waals surface area contributed by atoms with Gasteiger partial charge in [-0.25, -0.2) is 4.79 Å². The number of anilines is 1. The fraction of sp³-hybridized carbons (Fsp3) is 0.595. The van der Waals surface area contributed by atoms with E-state index in [4.69, 9.17) is 9.47 Å². The third-order valence-corrected chi connectivity index (χ3v) is 9.33. The number of aliphatic hydroxyl groups excluding tert-OH is 1. The van der Waals surface area contributed by atoms with E-state index in [9.17, 15) is 19.5 Å². The second-order valence-corrected chi connectivity index (χ2v) is 13.4. The highest BCUT2D eigenvalue weighted by molar-refractivity contribution is 5.99. The maximum atomic E-state index is 14.4. The van der Waals surface area contributed by atoms with Crippen LogP contribution in [0.15, 0.2) is 48.5 Å². The lowest BCUT2D eigenvalue weighted by Gasteiger charge is -2.36. The number of urea groups is 1. The van der Waals surface area contributed by atoms with Crippen LogP contribution in [-0.2, 0) is 16.0 Å². The Balaban J connectivity index is 1.56. The molecule has 258 valence electrons. The summed E-state index contributed by atoms with van der Waals surface area (Å²) in [4.78, 5) is 43.7. The third-order valence-electron chi connectivity index (χ3n) is 9.33. The van der Waals surface area contributed by atoms with Crippen LogP contribution in [0.3, 0.4) is 0 Å². The highest BCUT2D eigenvalue weighted by atomic mass is 16.5. The van der Waals surface area contributed by atoms with Crippen LogP contribution in [0, 0.1) is 5.92 Å². The lowest BCUT2D eigenvalue weighted by atomic mass is 9.96. The van der Waals surface area contributed by atoms with E-state index in [0.29, 0.717) is 43.1 Å². The first-order chi connectivity index (χ1) is 22.6. The van der Waals surface area contributed by atoms with Crippen LogP contribution in [-0.4, -0.2) is 90.4 Å². The highest BCUT2D eigenvalue weighted by Crippen LogP contribution is 2.29. The van der Waals surface area contributed by atoms with Gasteiger partial charge in [-0.3, -0.25) is 9.59 Å². The average Bonchev–Trinajstić information content (AvgIpc) is 3.06. The predicted octanol–water partition coefficient (Wildman–Crippen LogP) is 5.64. The van der Waals surface area contributed by atoms with Gasteiger partial charge in [-0.1, -0.05) is 56.5 Å². The molecule has 3 N–H and O–H groups in total. The number of hydrogen-bond acceptors (Lipinski definition) is 6. The van der Waals surface area contributed by atoms with Crippen LogP contribution < -0.4 is 15.4 Å². The molecule has 4 amide bonds. The standard InChI is InChI=1S/C37H54N4O6/c1-26-23-41(27(2)25-42)36(44)32-22-31(39-37(45)38-30-16-9-6-10-17-30)18-19-33(32)47-28(3)13-11-12-20-46-34(26)24-40(4)35(43)21-29-14-7-5-8-15-29/h5,7-8,14-15,18-19,22,26-28,30,34,42H,6,9-13,16-17,20-21,23-25H2,1-4H3,(H2,38,39,45)/t26-,27+,28-,34+/m1/s1. The molecular weight excluding hydrogens is 596 g/mol. The first kappa shape index (κ1) is 36.2. The summed E-state index contributed by atoms with van der Waals surface area (Å²) in [5.74, 6) is -0.0230. The molecule has 1 fully saturated rings. The summed E-state index contributed by atoms with van der Waals surface area (Å²) >= 11 is 0. The molecule has 10 heteroatoms. The number of likely N-dealkylation sites (N-methyl/N-ethyl adjacent to an activating group) is 1. The van der Waals surface area contributed by atoms with Crippen molar-refractivity contribution >= 4 is 23.5 Å². The molecular formula is C37H54N4O6. The van der Waals surface area contributed by atoms with Gasteiger partial charge in [0.15, 0.2) is 0 Å². The lowest BCUT2D eigenvalue weighted by molar-refractivity contribution is -0.131. The second-order valence-electron chi connectivity index (χ2n) is 13.4. The van der Waals surface area contributed by atoms with Crippen molar-refractivity contribution in [1.82, 2.24) is 15.1 Å². The highest BCUT2D eigenvalue weighted by Gasteiger charge is 2.31. The molecule has 1 saturated carbocycles. The van der Waals surface area contributed by atoms with Crippen molar-refractivity contribution in [1.29, 1.82) is 0 Å². The van der Waals surface area contributed by atoms with Gasteiger partial charge in [0.2, 0.25) is 5.91 Å². The molecule has 0 saturated heterocycles. The molecule has 1 aliphatic carbocycles. The minimum Gasteiger partial charge on any atom is -0.490 e. The van der Waals surface area contributed by atoms with E-state index < -0.39 is 6.04 Å². The molecule has 0 aromatic heterocycles. The van der Waals surface area contributed by atoms with Gasteiger partial charge < -0.3 is 35.0 Å². The molecule has 0 spiro atoms. The molecule has 10 nitrogen and oxygen atoms in total. The monoisotopic (exact) mass is 650 g/mol. The van der Waals surface area contributed by atoms with Crippen molar-refractivity contribution in [3.05, 3.63) is 59.7 Å². The van der Waals surface area contributed by atoms with Crippen LogP contribution in [0.1, 0.15) is 88.1 Å². The minimum absolute atomic E-state index is 0.00415. The fourth-order valence-electron chi connectivity index (χ4n) is 6.34. The summed E-state index contributed by atoms with van der Waals surface area (Å²) < 4.78 is 12.7. The molecule has 2 aromatic rings. The summed E-state index contributed by atoms with van der Waals surface area (Å²) in [6.45, 7) is 6.78. The average molecular weight is 651 g/mol. The van der Waals surface area contributed by atoms with Gasteiger partial charge >= 0.3 is 6.03 Å². The summed E-state index contributed by atoms with van der Waals surface area (Å²) in [5, 5.41) is 16.2. The molecule has 0 bridgehead atoms. The van der Waals surface area contributed by atoms with Gasteiger partial charge in [0.05, 0.1) is 36.8 Å². The minimum atomic E-state index is -0.493. The molecule has 4 rings (SSSR count). The van der Waals surface area contributed by atoms with E-state index in [0.717, 1.165) is 50.5 Å². The van der Waals surface area contributed by atoms with E-state index in [2.05, 4.69) is 10.6 Å². The van der Waals surface area contributed by atoms with E-state index in [1.54, 1.807) is 35.0 Å². The first-order valence-corrected chi connectivity index (χ1v) is 17.3. The molecule has 1 aliphatic heterocycles. The molecule has 0 unspecified atom stereocenters. The number of nitrogens with zero attached hydrogens (tertiary/aromatic N) is 2. The van der Waals surface area contributed by atoms with Crippen molar-refractivity contribution in [2.45, 2.75) is 103 Å². The topological polar surface area (TPSA) is 120 Å². The fourth-order valence-corrected chi connectivity index (χ4v) is 6.34. The lowest BCUT2D eigenvalue weighted by Crippen LogP contribution is -2.48. The van der Waals surface area contributed by atoms with Crippen LogP contribution in [0.25, 0.3) is 0 Å². The van der Waals surface area contributed by atoms with Crippen molar-refractivity contribution in [3.8, 4) is 5.75 Å². The zero-order valence-electron chi connectivity index (χ0n) is 28.6. The van der Waals surface area contributed by atoms with E-state index >= 15 is 0 Å². The van der Waals surface area contributed by atoms with Crippen LogP contribution in [0.2, 0.25) is 0 Å². The maximum Gasteiger partial charge on any atom is 0.319 e. The Morgan fingerprint density at radius 1 is 1.02 bits per heavy atom. The molecule has 2 aliphatic rings. The smallest absolute Gasteiger partial charge is 0.319 e. The number of nitrogens with one attached hydrogen (secondary N) is 2. The van der Waals surface area contributed by atoms with Crippen molar-refractivity contribution < 1.29 is 29.0 Å². The number of ether oxygens (including phenoxy) is 2. The van der Waals surface area contributed by atoms with Crippen LogP contribution in [0.5, 0.6) is 5.75 Å². The number of amides is 4. The number of hydrogen-bond donors (Lipinski definition) is 3. The van der Waals surface area contributed by atoms with Gasteiger partial charge in [-0.05, 0) is 69.7 Å². The normalized spacial score (nSPS) is 22.3. The van der Waals surface area contributed by atoms with Crippen LogP contribution >= 0.6 is 0 Å². The molecule has 4 atom stereocenters. The molecule has 1 heterocycles. The van der Waals surface area contributed by atoms with Crippen LogP contribution in [0.4, 0.5) is 10.5 Å². The maximum absolute atomic E-state index is 14.4. The van der Waals surface area contributed by atoms with Crippen molar-refractivity contribution in [3.63, 3.8) is 0 Å².